The average molecular weight is 187 g/mol. The van der Waals surface area contributed by atoms with Crippen LogP contribution in [0.3, 0.4) is 0 Å². The molecule has 0 aliphatic rings. The molecular formula is C13H17N. The summed E-state index contributed by atoms with van der Waals surface area (Å²) in [6.45, 7) is 6.55. The van der Waals surface area contributed by atoms with Gasteiger partial charge in [0.05, 0.1) is 0 Å². The van der Waals surface area contributed by atoms with E-state index in [4.69, 9.17) is 0 Å². The fraction of sp³-hybridized carbons (Fsp3) is 0.385. The molecule has 14 heavy (non-hydrogen) atoms. The molecule has 0 saturated heterocycles. The van der Waals surface area contributed by atoms with Gasteiger partial charge in [-0.25, -0.2) is 0 Å². The molecule has 0 radical (unpaired) electrons. The zero-order valence-corrected chi connectivity index (χ0v) is 9.15. The van der Waals surface area contributed by atoms with Gasteiger partial charge in [0.25, 0.3) is 0 Å². The van der Waals surface area contributed by atoms with Gasteiger partial charge in [-0.05, 0) is 38.0 Å². The van der Waals surface area contributed by atoms with Gasteiger partial charge < -0.3 is 4.98 Å². The standard InChI is InChI=1S/C13H17N/c1-4-5-11-10(3)14-13-7-6-9(2)8-12(11)13/h6-8,14H,4-5H2,1-3H3. The lowest BCUT2D eigenvalue weighted by Crippen LogP contribution is -1.84. The van der Waals surface area contributed by atoms with Crippen molar-refractivity contribution in [3.63, 3.8) is 0 Å². The van der Waals surface area contributed by atoms with Crippen LogP contribution in [-0.4, -0.2) is 4.98 Å². The minimum absolute atomic E-state index is 1.18. The molecule has 0 fully saturated rings. The Morgan fingerprint density at radius 3 is 2.71 bits per heavy atom. The van der Waals surface area contributed by atoms with Crippen molar-refractivity contribution >= 4 is 10.9 Å². The van der Waals surface area contributed by atoms with Gasteiger partial charge in [0.1, 0.15) is 0 Å². The average Bonchev–Trinajstić information content (AvgIpc) is 2.45. The number of aromatic amines is 1. The lowest BCUT2D eigenvalue weighted by Gasteiger charge is -1.98. The summed E-state index contributed by atoms with van der Waals surface area (Å²) in [6.07, 6.45) is 2.39. The summed E-state index contributed by atoms with van der Waals surface area (Å²) in [5.74, 6) is 0. The van der Waals surface area contributed by atoms with Crippen LogP contribution in [0.5, 0.6) is 0 Å². The maximum atomic E-state index is 3.44. The van der Waals surface area contributed by atoms with Crippen LogP contribution in [-0.2, 0) is 6.42 Å². The van der Waals surface area contributed by atoms with E-state index in [1.165, 1.54) is 40.6 Å². The minimum atomic E-state index is 1.18. The molecule has 1 aromatic carbocycles. The molecule has 0 aliphatic heterocycles. The maximum absolute atomic E-state index is 3.44. The Labute approximate surface area is 85.1 Å². The topological polar surface area (TPSA) is 15.8 Å². The van der Waals surface area contributed by atoms with E-state index in [1.807, 2.05) is 0 Å². The zero-order chi connectivity index (χ0) is 10.1. The van der Waals surface area contributed by atoms with Crippen molar-refractivity contribution in [1.82, 2.24) is 4.98 Å². The Balaban J connectivity index is 2.66. The Kier molecular flexibility index (Phi) is 2.32. The highest BCUT2D eigenvalue weighted by molar-refractivity contribution is 5.85. The van der Waals surface area contributed by atoms with E-state index >= 15 is 0 Å². The lowest BCUT2D eigenvalue weighted by molar-refractivity contribution is 0.918. The highest BCUT2D eigenvalue weighted by Gasteiger charge is 2.06. The molecule has 1 heterocycles. The van der Waals surface area contributed by atoms with Crippen LogP contribution in [0.2, 0.25) is 0 Å². The molecular weight excluding hydrogens is 170 g/mol. The highest BCUT2D eigenvalue weighted by Crippen LogP contribution is 2.24. The van der Waals surface area contributed by atoms with Crippen LogP contribution in [0.4, 0.5) is 0 Å². The molecule has 1 aromatic heterocycles. The second-order valence-corrected chi connectivity index (χ2v) is 4.03. The van der Waals surface area contributed by atoms with E-state index in [-0.39, 0.29) is 0 Å². The smallest absolute Gasteiger partial charge is 0.0459 e. The van der Waals surface area contributed by atoms with Gasteiger partial charge in [0, 0.05) is 16.6 Å². The number of aryl methyl sites for hydroxylation is 3. The van der Waals surface area contributed by atoms with Gasteiger partial charge in [-0.2, -0.15) is 0 Å². The van der Waals surface area contributed by atoms with Crippen molar-refractivity contribution in [1.29, 1.82) is 0 Å². The molecule has 74 valence electrons. The van der Waals surface area contributed by atoms with Crippen molar-refractivity contribution in [2.45, 2.75) is 33.6 Å². The number of hydrogen-bond acceptors (Lipinski definition) is 0. The number of rotatable bonds is 2. The number of nitrogens with one attached hydrogen (secondary N) is 1. The summed E-state index contributed by atoms with van der Waals surface area (Å²) in [5.41, 5.74) is 5.43. The van der Waals surface area contributed by atoms with Crippen LogP contribution in [0.25, 0.3) is 10.9 Å². The van der Waals surface area contributed by atoms with Crippen molar-refractivity contribution in [3.8, 4) is 0 Å². The fourth-order valence-corrected chi connectivity index (χ4v) is 2.07. The Morgan fingerprint density at radius 1 is 1.21 bits per heavy atom. The van der Waals surface area contributed by atoms with Gasteiger partial charge in [0.2, 0.25) is 0 Å². The molecule has 1 N–H and O–H groups in total. The van der Waals surface area contributed by atoms with Crippen LogP contribution in [0.1, 0.15) is 30.2 Å². The van der Waals surface area contributed by atoms with Gasteiger partial charge in [-0.3, -0.25) is 0 Å². The molecule has 2 aromatic rings. The summed E-state index contributed by atoms with van der Waals surface area (Å²) in [6, 6.07) is 6.62. The summed E-state index contributed by atoms with van der Waals surface area (Å²) < 4.78 is 0. The number of fused-ring (bicyclic) bond motifs is 1. The molecule has 1 nitrogen and oxygen atoms in total. The lowest BCUT2D eigenvalue weighted by atomic mass is 10.0. The normalized spacial score (nSPS) is 11.1. The molecule has 0 aliphatic carbocycles. The third-order valence-electron chi connectivity index (χ3n) is 2.78. The molecule has 0 bridgehead atoms. The maximum Gasteiger partial charge on any atom is 0.0459 e. The van der Waals surface area contributed by atoms with E-state index in [9.17, 15) is 0 Å². The Hall–Kier alpha value is -1.24. The predicted octanol–water partition coefficient (Wildman–Crippen LogP) is 3.74. The van der Waals surface area contributed by atoms with Crippen molar-refractivity contribution in [2.75, 3.05) is 0 Å². The van der Waals surface area contributed by atoms with E-state index in [2.05, 4.69) is 44.0 Å². The van der Waals surface area contributed by atoms with Crippen molar-refractivity contribution < 1.29 is 0 Å². The number of benzene rings is 1. The van der Waals surface area contributed by atoms with E-state index in [0.717, 1.165) is 0 Å². The third-order valence-corrected chi connectivity index (χ3v) is 2.78. The first-order valence-corrected chi connectivity index (χ1v) is 5.30. The zero-order valence-electron chi connectivity index (χ0n) is 9.15. The van der Waals surface area contributed by atoms with Gasteiger partial charge in [-0.1, -0.05) is 25.0 Å². The summed E-state index contributed by atoms with van der Waals surface area (Å²) in [5, 5.41) is 1.41. The summed E-state index contributed by atoms with van der Waals surface area (Å²) in [4.78, 5) is 3.44. The van der Waals surface area contributed by atoms with Crippen LogP contribution < -0.4 is 0 Å². The van der Waals surface area contributed by atoms with E-state index in [0.29, 0.717) is 0 Å². The first-order chi connectivity index (χ1) is 6.72. The van der Waals surface area contributed by atoms with Crippen LogP contribution in [0.15, 0.2) is 18.2 Å². The Bertz CT molecular complexity index is 451. The SMILES string of the molecule is CCCc1c(C)[nH]c2ccc(C)cc12. The fourth-order valence-electron chi connectivity index (χ4n) is 2.07. The summed E-state index contributed by atoms with van der Waals surface area (Å²) >= 11 is 0. The van der Waals surface area contributed by atoms with Gasteiger partial charge in [-0.15, -0.1) is 0 Å². The highest BCUT2D eigenvalue weighted by atomic mass is 14.7. The monoisotopic (exact) mass is 187 g/mol. The first-order valence-electron chi connectivity index (χ1n) is 5.30. The number of H-pyrrole nitrogens is 1. The molecule has 0 amide bonds. The molecule has 0 atom stereocenters. The van der Waals surface area contributed by atoms with Gasteiger partial charge in [0.15, 0.2) is 0 Å². The first kappa shape index (κ1) is 9.32. The second kappa shape index (κ2) is 3.49. The molecule has 2 rings (SSSR count). The number of hydrogen-bond donors (Lipinski definition) is 1. The van der Waals surface area contributed by atoms with Gasteiger partial charge >= 0.3 is 0 Å². The van der Waals surface area contributed by atoms with Crippen LogP contribution in [0, 0.1) is 13.8 Å². The van der Waals surface area contributed by atoms with E-state index < -0.39 is 0 Å². The summed E-state index contributed by atoms with van der Waals surface area (Å²) in [7, 11) is 0. The molecule has 0 saturated carbocycles. The minimum Gasteiger partial charge on any atom is -0.358 e. The molecule has 0 spiro atoms. The molecule has 0 unspecified atom stereocenters. The second-order valence-electron chi connectivity index (χ2n) is 4.03. The largest absolute Gasteiger partial charge is 0.358 e. The van der Waals surface area contributed by atoms with Crippen molar-refractivity contribution in [2.24, 2.45) is 0 Å². The van der Waals surface area contributed by atoms with Crippen molar-refractivity contribution in [3.05, 3.63) is 35.0 Å². The third kappa shape index (κ3) is 1.43. The van der Waals surface area contributed by atoms with E-state index in [1.54, 1.807) is 0 Å². The van der Waals surface area contributed by atoms with Crippen LogP contribution >= 0.6 is 0 Å². The number of aromatic nitrogens is 1. The molecule has 1 heteroatoms. The quantitative estimate of drug-likeness (QED) is 0.737. The Morgan fingerprint density at radius 2 is 2.00 bits per heavy atom. The predicted molar refractivity (Wildman–Crippen MR) is 61.8 cm³/mol.